The molecule has 0 spiro atoms. The second-order valence-corrected chi connectivity index (χ2v) is 6.34. The maximum absolute atomic E-state index is 11.8. The van der Waals surface area contributed by atoms with Crippen LogP contribution in [0.15, 0.2) is 18.2 Å². The molecule has 0 unspecified atom stereocenters. The van der Waals surface area contributed by atoms with E-state index in [4.69, 9.17) is 4.74 Å². The molecule has 1 N–H and O–H groups in total. The highest BCUT2D eigenvalue weighted by atomic mass is 127. The Hall–Kier alpha value is -1.11. The van der Waals surface area contributed by atoms with Crippen molar-refractivity contribution in [1.82, 2.24) is 0 Å². The number of ether oxygens (including phenoxy) is 1. The fourth-order valence-corrected chi connectivity index (χ4v) is 3.02. The van der Waals surface area contributed by atoms with Crippen LogP contribution < -0.4 is 5.32 Å². The molecule has 0 atom stereocenters. The Morgan fingerprint density at radius 2 is 2.05 bits per heavy atom. The Labute approximate surface area is 132 Å². The highest BCUT2D eigenvalue weighted by Gasteiger charge is 2.24. The van der Waals surface area contributed by atoms with Crippen LogP contribution in [0, 0.1) is 16.4 Å². The van der Waals surface area contributed by atoms with Gasteiger partial charge in [-0.25, -0.2) is 0 Å². The molecule has 20 heavy (non-hydrogen) atoms. The van der Waals surface area contributed by atoms with Gasteiger partial charge in [0, 0.05) is 9.26 Å². The van der Waals surface area contributed by atoms with Crippen LogP contribution >= 0.6 is 22.6 Å². The third-order valence-electron chi connectivity index (χ3n) is 3.50. The molecule has 2 rings (SSSR count). The number of halogens is 1. The van der Waals surface area contributed by atoms with Gasteiger partial charge in [-0.1, -0.05) is 12.8 Å². The van der Waals surface area contributed by atoms with Crippen LogP contribution in [0.5, 0.6) is 0 Å². The highest BCUT2D eigenvalue weighted by Crippen LogP contribution is 2.25. The Kier molecular flexibility index (Phi) is 5.39. The minimum absolute atomic E-state index is 0.0113. The molecule has 5 heteroatoms. The third kappa shape index (κ3) is 4.19. The second-order valence-electron chi connectivity index (χ2n) is 5.10. The number of hydrogen-bond donors (Lipinski definition) is 1. The third-order valence-corrected chi connectivity index (χ3v) is 4.17. The van der Waals surface area contributed by atoms with Gasteiger partial charge in [-0.2, -0.15) is 0 Å². The number of aryl methyl sites for hydroxylation is 1. The fourth-order valence-electron chi connectivity index (χ4n) is 2.37. The number of benzene rings is 1. The molecule has 1 aliphatic carbocycles. The molecular weight excluding hydrogens is 369 g/mol. The van der Waals surface area contributed by atoms with Gasteiger partial charge >= 0.3 is 5.97 Å². The second kappa shape index (κ2) is 7.06. The van der Waals surface area contributed by atoms with Crippen molar-refractivity contribution in [2.45, 2.75) is 32.6 Å². The van der Waals surface area contributed by atoms with Crippen molar-refractivity contribution in [3.05, 3.63) is 27.3 Å². The smallest absolute Gasteiger partial charge is 0.309 e. The topological polar surface area (TPSA) is 55.4 Å². The van der Waals surface area contributed by atoms with Gasteiger partial charge in [0.1, 0.15) is 0 Å². The van der Waals surface area contributed by atoms with Gasteiger partial charge in [0.2, 0.25) is 0 Å². The van der Waals surface area contributed by atoms with Crippen molar-refractivity contribution < 1.29 is 14.3 Å². The van der Waals surface area contributed by atoms with E-state index in [1.807, 2.05) is 25.1 Å². The maximum atomic E-state index is 11.8. The molecule has 1 aliphatic rings. The van der Waals surface area contributed by atoms with Gasteiger partial charge in [0.25, 0.3) is 5.91 Å². The van der Waals surface area contributed by atoms with Crippen molar-refractivity contribution in [3.8, 4) is 0 Å². The summed E-state index contributed by atoms with van der Waals surface area (Å²) in [7, 11) is 0. The molecule has 0 aromatic heterocycles. The lowest BCUT2D eigenvalue weighted by Crippen LogP contribution is -2.24. The monoisotopic (exact) mass is 387 g/mol. The summed E-state index contributed by atoms with van der Waals surface area (Å²) in [5.41, 5.74) is 1.75. The van der Waals surface area contributed by atoms with E-state index >= 15 is 0 Å². The zero-order chi connectivity index (χ0) is 14.5. The first-order chi connectivity index (χ1) is 9.56. The summed E-state index contributed by atoms with van der Waals surface area (Å²) in [5, 5.41) is 2.76. The number of hydrogen-bond acceptors (Lipinski definition) is 3. The maximum Gasteiger partial charge on any atom is 0.309 e. The summed E-state index contributed by atoms with van der Waals surface area (Å²) >= 11 is 2.22. The number of nitrogens with one attached hydrogen (secondary N) is 1. The molecule has 4 nitrogen and oxygen atoms in total. The molecule has 1 amide bonds. The summed E-state index contributed by atoms with van der Waals surface area (Å²) in [4.78, 5) is 23.5. The number of rotatable bonds is 4. The van der Waals surface area contributed by atoms with Crippen LogP contribution in [0.25, 0.3) is 0 Å². The van der Waals surface area contributed by atoms with Crippen LogP contribution in [0.2, 0.25) is 0 Å². The molecule has 0 aliphatic heterocycles. The van der Waals surface area contributed by atoms with Gasteiger partial charge in [0.05, 0.1) is 5.92 Å². The van der Waals surface area contributed by atoms with Gasteiger partial charge < -0.3 is 10.1 Å². The van der Waals surface area contributed by atoms with Gasteiger partial charge in [-0.15, -0.1) is 0 Å². The van der Waals surface area contributed by atoms with E-state index < -0.39 is 0 Å². The molecule has 0 saturated heterocycles. The van der Waals surface area contributed by atoms with E-state index in [1.54, 1.807) is 0 Å². The van der Waals surface area contributed by atoms with E-state index in [9.17, 15) is 9.59 Å². The summed E-state index contributed by atoms with van der Waals surface area (Å²) in [6, 6.07) is 5.77. The highest BCUT2D eigenvalue weighted by molar-refractivity contribution is 14.1. The number of carbonyl (C=O) groups excluding carboxylic acids is 2. The summed E-state index contributed by atoms with van der Waals surface area (Å²) in [6.07, 6.45) is 3.93. The molecular formula is C15H18INO3. The summed E-state index contributed by atoms with van der Waals surface area (Å²) in [5.74, 6) is -0.541. The van der Waals surface area contributed by atoms with Crippen LogP contribution in [-0.4, -0.2) is 18.5 Å². The predicted octanol–water partition coefficient (Wildman–Crippen LogP) is 3.27. The molecule has 0 heterocycles. The lowest BCUT2D eigenvalue weighted by atomic mass is 10.1. The Morgan fingerprint density at radius 3 is 2.70 bits per heavy atom. The van der Waals surface area contributed by atoms with Gasteiger partial charge in [-0.05, 0) is 66.1 Å². The largest absolute Gasteiger partial charge is 0.455 e. The van der Waals surface area contributed by atoms with Crippen LogP contribution in [0.4, 0.5) is 5.69 Å². The first-order valence-corrected chi connectivity index (χ1v) is 7.87. The Bertz CT molecular complexity index is 510. The van der Waals surface area contributed by atoms with Crippen molar-refractivity contribution in [3.63, 3.8) is 0 Å². The number of esters is 1. The van der Waals surface area contributed by atoms with Crippen molar-refractivity contribution >= 4 is 40.2 Å². The average Bonchev–Trinajstić information content (AvgIpc) is 2.93. The van der Waals surface area contributed by atoms with Crippen LogP contribution in [0.3, 0.4) is 0 Å². The quantitative estimate of drug-likeness (QED) is 0.638. The molecule has 1 fully saturated rings. The minimum Gasteiger partial charge on any atom is -0.455 e. The summed E-state index contributed by atoms with van der Waals surface area (Å²) < 4.78 is 6.19. The van der Waals surface area contributed by atoms with E-state index in [2.05, 4.69) is 27.9 Å². The normalized spacial score (nSPS) is 15.1. The van der Waals surface area contributed by atoms with Gasteiger partial charge in [-0.3, -0.25) is 9.59 Å². The molecule has 0 bridgehead atoms. The lowest BCUT2D eigenvalue weighted by molar-refractivity contribution is -0.151. The molecule has 1 aromatic rings. The Balaban J connectivity index is 1.81. The first kappa shape index (κ1) is 15.3. The molecule has 1 aromatic carbocycles. The SMILES string of the molecule is Cc1cc(I)ccc1NC(=O)COC(=O)C1CCCC1. The fraction of sp³-hybridized carbons (Fsp3) is 0.467. The zero-order valence-electron chi connectivity index (χ0n) is 11.4. The Morgan fingerprint density at radius 1 is 1.35 bits per heavy atom. The van der Waals surface area contributed by atoms with Crippen molar-refractivity contribution in [1.29, 1.82) is 0 Å². The van der Waals surface area contributed by atoms with E-state index in [-0.39, 0.29) is 24.4 Å². The van der Waals surface area contributed by atoms with Crippen molar-refractivity contribution in [2.24, 2.45) is 5.92 Å². The standard InChI is InChI=1S/C15H18INO3/c1-10-8-12(16)6-7-13(10)17-14(18)9-20-15(19)11-4-2-3-5-11/h6-8,11H,2-5,9H2,1H3,(H,17,18). The number of carbonyl (C=O) groups is 2. The van der Waals surface area contributed by atoms with Gasteiger partial charge in [0.15, 0.2) is 6.61 Å². The average molecular weight is 387 g/mol. The van der Waals surface area contributed by atoms with E-state index in [0.29, 0.717) is 0 Å². The van der Waals surface area contributed by atoms with Crippen LogP contribution in [-0.2, 0) is 14.3 Å². The number of anilines is 1. The van der Waals surface area contributed by atoms with E-state index in [1.165, 1.54) is 0 Å². The van der Waals surface area contributed by atoms with E-state index in [0.717, 1.165) is 40.5 Å². The minimum atomic E-state index is -0.291. The predicted molar refractivity (Wildman–Crippen MR) is 85.4 cm³/mol. The molecule has 0 radical (unpaired) electrons. The lowest BCUT2D eigenvalue weighted by Gasteiger charge is -2.11. The van der Waals surface area contributed by atoms with Crippen LogP contribution in [0.1, 0.15) is 31.2 Å². The first-order valence-electron chi connectivity index (χ1n) is 6.79. The molecule has 1 saturated carbocycles. The zero-order valence-corrected chi connectivity index (χ0v) is 13.6. The molecule has 108 valence electrons. The summed E-state index contributed by atoms with van der Waals surface area (Å²) in [6.45, 7) is 1.73. The number of amides is 1. The van der Waals surface area contributed by atoms with Crippen molar-refractivity contribution in [2.75, 3.05) is 11.9 Å².